The third kappa shape index (κ3) is 3.20. The van der Waals surface area contributed by atoms with E-state index in [1.165, 1.54) is 0 Å². The molecular weight excluding hydrogens is 236 g/mol. The monoisotopic (exact) mass is 256 g/mol. The maximum Gasteiger partial charge on any atom is 0.303 e. The van der Waals surface area contributed by atoms with Gasteiger partial charge in [0.1, 0.15) is 0 Å². The Labute approximate surface area is 106 Å². The van der Waals surface area contributed by atoms with Gasteiger partial charge in [-0.2, -0.15) is 0 Å². The van der Waals surface area contributed by atoms with Crippen molar-refractivity contribution in [2.45, 2.75) is 37.8 Å². The summed E-state index contributed by atoms with van der Waals surface area (Å²) in [4.78, 5) is 24.4. The molecule has 2 saturated heterocycles. The van der Waals surface area contributed by atoms with Crippen LogP contribution in [0.3, 0.4) is 0 Å². The van der Waals surface area contributed by atoms with E-state index in [0.717, 1.165) is 6.42 Å². The number of nitrogens with zero attached hydrogens (tertiary/aromatic N) is 1. The van der Waals surface area contributed by atoms with Crippen LogP contribution in [0.4, 0.5) is 0 Å². The predicted octanol–water partition coefficient (Wildman–Crippen LogP) is -0.577. The Hall–Kier alpha value is -1.14. The second kappa shape index (κ2) is 5.67. The average molecular weight is 256 g/mol. The zero-order chi connectivity index (χ0) is 13.1. The fourth-order valence-corrected chi connectivity index (χ4v) is 2.72. The van der Waals surface area contributed by atoms with Crippen molar-refractivity contribution in [1.29, 1.82) is 0 Å². The van der Waals surface area contributed by atoms with Crippen LogP contribution in [0.15, 0.2) is 0 Å². The van der Waals surface area contributed by atoms with Gasteiger partial charge >= 0.3 is 5.97 Å². The first kappa shape index (κ1) is 13.3. The van der Waals surface area contributed by atoms with E-state index in [2.05, 4.69) is 5.32 Å². The first-order valence-electron chi connectivity index (χ1n) is 6.48. The third-order valence-corrected chi connectivity index (χ3v) is 3.77. The van der Waals surface area contributed by atoms with E-state index in [1.54, 1.807) is 4.90 Å². The van der Waals surface area contributed by atoms with Crippen LogP contribution < -0.4 is 5.32 Å². The summed E-state index contributed by atoms with van der Waals surface area (Å²) < 4.78 is 0. The highest BCUT2D eigenvalue weighted by Crippen LogP contribution is 2.22. The van der Waals surface area contributed by atoms with Crippen LogP contribution in [-0.2, 0) is 9.59 Å². The van der Waals surface area contributed by atoms with Gasteiger partial charge in [0.2, 0.25) is 5.91 Å². The summed E-state index contributed by atoms with van der Waals surface area (Å²) in [6.07, 6.45) is 1.75. The third-order valence-electron chi connectivity index (χ3n) is 3.77. The zero-order valence-electron chi connectivity index (χ0n) is 10.3. The van der Waals surface area contributed by atoms with E-state index in [0.29, 0.717) is 38.4 Å². The van der Waals surface area contributed by atoms with Crippen molar-refractivity contribution in [1.82, 2.24) is 10.2 Å². The van der Waals surface area contributed by atoms with Gasteiger partial charge < -0.3 is 20.4 Å². The lowest BCUT2D eigenvalue weighted by Gasteiger charge is -2.20. The van der Waals surface area contributed by atoms with Gasteiger partial charge in [0.25, 0.3) is 0 Å². The van der Waals surface area contributed by atoms with Gasteiger partial charge in [-0.25, -0.2) is 0 Å². The largest absolute Gasteiger partial charge is 0.481 e. The number of aliphatic carboxylic acids is 1. The van der Waals surface area contributed by atoms with Gasteiger partial charge in [-0.15, -0.1) is 0 Å². The summed E-state index contributed by atoms with van der Waals surface area (Å²) in [6, 6.07) is -0.266. The smallest absolute Gasteiger partial charge is 0.303 e. The minimum absolute atomic E-state index is 0.0457. The van der Waals surface area contributed by atoms with Gasteiger partial charge in [-0.05, 0) is 25.2 Å². The van der Waals surface area contributed by atoms with Crippen LogP contribution in [0, 0.1) is 5.92 Å². The van der Waals surface area contributed by atoms with Crippen molar-refractivity contribution < 1.29 is 19.8 Å². The Morgan fingerprint density at radius 3 is 2.78 bits per heavy atom. The summed E-state index contributed by atoms with van der Waals surface area (Å²) in [5, 5.41) is 21.0. The molecule has 2 fully saturated rings. The molecule has 2 aliphatic rings. The van der Waals surface area contributed by atoms with Crippen LogP contribution in [0.5, 0.6) is 0 Å². The number of aliphatic hydroxyl groups excluding tert-OH is 1. The number of hydrogen-bond donors (Lipinski definition) is 3. The van der Waals surface area contributed by atoms with E-state index < -0.39 is 12.1 Å². The molecule has 3 N–H and O–H groups in total. The first-order chi connectivity index (χ1) is 8.56. The van der Waals surface area contributed by atoms with E-state index in [4.69, 9.17) is 5.11 Å². The molecule has 102 valence electrons. The summed E-state index contributed by atoms with van der Waals surface area (Å²) >= 11 is 0. The van der Waals surface area contributed by atoms with E-state index >= 15 is 0 Å². The quantitative estimate of drug-likeness (QED) is 0.626. The molecule has 0 spiro atoms. The molecule has 0 aromatic carbocycles. The minimum Gasteiger partial charge on any atom is -0.481 e. The number of aliphatic hydroxyl groups is 1. The summed E-state index contributed by atoms with van der Waals surface area (Å²) in [5.74, 6) is -0.430. The molecule has 0 aliphatic carbocycles. The molecular formula is C12H20N2O4. The Balaban J connectivity index is 1.77. The number of nitrogens with one attached hydrogen (secondary N) is 1. The number of rotatable bonds is 4. The van der Waals surface area contributed by atoms with Crippen molar-refractivity contribution in [3.8, 4) is 0 Å². The fraction of sp³-hybridized carbons (Fsp3) is 0.833. The SMILES string of the molecule is O=C(O)CCC1CCN(C(=O)C2CC(O)CN2)C1. The van der Waals surface area contributed by atoms with E-state index in [-0.39, 0.29) is 18.4 Å². The maximum atomic E-state index is 12.1. The Kier molecular flexibility index (Phi) is 4.19. The van der Waals surface area contributed by atoms with Crippen LogP contribution in [0.1, 0.15) is 25.7 Å². The molecule has 0 bridgehead atoms. The molecule has 1 amide bonds. The molecule has 2 rings (SSSR count). The van der Waals surface area contributed by atoms with Crippen LogP contribution in [0.2, 0.25) is 0 Å². The van der Waals surface area contributed by atoms with Gasteiger partial charge in [0.05, 0.1) is 12.1 Å². The lowest BCUT2D eigenvalue weighted by atomic mass is 10.0. The molecule has 3 atom stereocenters. The van der Waals surface area contributed by atoms with Gasteiger partial charge in [0, 0.05) is 26.1 Å². The number of carboxylic acids is 1. The topological polar surface area (TPSA) is 89.9 Å². The number of carbonyl (C=O) groups excluding carboxylic acids is 1. The molecule has 3 unspecified atom stereocenters. The number of carbonyl (C=O) groups is 2. The van der Waals surface area contributed by atoms with Crippen molar-refractivity contribution in [2.75, 3.05) is 19.6 Å². The van der Waals surface area contributed by atoms with Crippen molar-refractivity contribution in [3.05, 3.63) is 0 Å². The molecule has 0 aromatic rings. The molecule has 6 nitrogen and oxygen atoms in total. The first-order valence-corrected chi connectivity index (χ1v) is 6.48. The van der Waals surface area contributed by atoms with Crippen LogP contribution in [-0.4, -0.2) is 58.8 Å². The zero-order valence-corrected chi connectivity index (χ0v) is 10.3. The average Bonchev–Trinajstić information content (AvgIpc) is 2.94. The Morgan fingerprint density at radius 2 is 2.17 bits per heavy atom. The van der Waals surface area contributed by atoms with Crippen LogP contribution in [0.25, 0.3) is 0 Å². The molecule has 6 heteroatoms. The summed E-state index contributed by atoms with van der Waals surface area (Å²) in [7, 11) is 0. The maximum absolute atomic E-state index is 12.1. The number of β-amino-alcohol motifs (C(OH)–C–C–N with tert-alkyl or cyclic N) is 1. The van der Waals surface area contributed by atoms with E-state index in [9.17, 15) is 14.7 Å². The van der Waals surface area contributed by atoms with Gasteiger partial charge in [-0.1, -0.05) is 0 Å². The number of amides is 1. The van der Waals surface area contributed by atoms with Crippen molar-refractivity contribution >= 4 is 11.9 Å². The van der Waals surface area contributed by atoms with Gasteiger partial charge in [0.15, 0.2) is 0 Å². The fourth-order valence-electron chi connectivity index (χ4n) is 2.72. The van der Waals surface area contributed by atoms with Crippen LogP contribution >= 0.6 is 0 Å². The molecule has 0 radical (unpaired) electrons. The number of hydrogen-bond acceptors (Lipinski definition) is 4. The normalized spacial score (nSPS) is 31.8. The Bertz CT molecular complexity index is 334. The highest BCUT2D eigenvalue weighted by molar-refractivity contribution is 5.82. The van der Waals surface area contributed by atoms with Gasteiger partial charge in [-0.3, -0.25) is 9.59 Å². The lowest BCUT2D eigenvalue weighted by Crippen LogP contribution is -2.42. The second-order valence-corrected chi connectivity index (χ2v) is 5.22. The number of carboxylic acid groups (broad SMARTS) is 1. The second-order valence-electron chi connectivity index (χ2n) is 5.22. The lowest BCUT2D eigenvalue weighted by molar-refractivity contribution is -0.137. The molecule has 0 aromatic heterocycles. The van der Waals surface area contributed by atoms with Crippen molar-refractivity contribution in [2.24, 2.45) is 5.92 Å². The highest BCUT2D eigenvalue weighted by atomic mass is 16.4. The standard InChI is InChI=1S/C12H20N2O4/c15-9-5-10(13-6-9)12(18)14-4-3-8(7-14)1-2-11(16)17/h8-10,13,15H,1-7H2,(H,16,17). The predicted molar refractivity (Wildman–Crippen MR) is 64.0 cm³/mol. The summed E-state index contributed by atoms with van der Waals surface area (Å²) in [6.45, 7) is 1.84. The molecule has 2 heterocycles. The van der Waals surface area contributed by atoms with E-state index in [1.807, 2.05) is 0 Å². The summed E-state index contributed by atoms with van der Waals surface area (Å²) in [5.41, 5.74) is 0. The Morgan fingerprint density at radius 1 is 1.39 bits per heavy atom. The molecule has 0 saturated carbocycles. The highest BCUT2D eigenvalue weighted by Gasteiger charge is 2.34. The minimum atomic E-state index is -0.777. The van der Waals surface area contributed by atoms with Crippen molar-refractivity contribution in [3.63, 3.8) is 0 Å². The molecule has 18 heavy (non-hydrogen) atoms. The molecule has 2 aliphatic heterocycles. The number of likely N-dealkylation sites (tertiary alicyclic amines) is 1.